The Balaban J connectivity index is 2.15. The van der Waals surface area contributed by atoms with Crippen LogP contribution in [-0.4, -0.2) is 15.3 Å². The Morgan fingerprint density at radius 2 is 1.32 bits per heavy atom. The van der Waals surface area contributed by atoms with Gasteiger partial charge in [-0.15, -0.1) is 0 Å². The molecule has 1 aliphatic rings. The quantitative estimate of drug-likeness (QED) is 0.471. The summed E-state index contributed by atoms with van der Waals surface area (Å²) in [6.45, 7) is 14.6. The van der Waals surface area contributed by atoms with Gasteiger partial charge in [-0.05, 0) is 39.9 Å². The molecule has 0 radical (unpaired) electrons. The molecule has 0 N–H and O–H groups in total. The second-order valence-corrected chi connectivity index (χ2v) is 14.7. The van der Waals surface area contributed by atoms with E-state index in [2.05, 4.69) is 101 Å². The number of benzene rings is 2. The molecule has 1 aliphatic heterocycles. The van der Waals surface area contributed by atoms with E-state index >= 15 is 0 Å². The molecular weight excluding hydrogens is 322 g/mol. The lowest BCUT2D eigenvalue weighted by atomic mass is 10.2. The van der Waals surface area contributed by atoms with Crippen LogP contribution in [0.5, 0.6) is 5.75 Å². The van der Waals surface area contributed by atoms with E-state index in [-0.39, 0.29) is 10.1 Å². The maximum atomic E-state index is 5.36. The molecule has 1 atom stereocenters. The van der Waals surface area contributed by atoms with E-state index < -0.39 is 8.24 Å². The number of anilines is 1. The van der Waals surface area contributed by atoms with Gasteiger partial charge in [0.2, 0.25) is 0 Å². The SMILES string of the molecule is COc1ccc(N2C(c3ccccc3)[Si]2(C(C)(C)C)C(C)(C)C)cc1. The fraction of sp³-hybridized carbons (Fsp3) is 0.455. The molecule has 1 fully saturated rings. The summed E-state index contributed by atoms with van der Waals surface area (Å²) in [5.74, 6) is 0.917. The molecule has 0 saturated carbocycles. The Bertz CT molecular complexity index is 711. The average molecular weight is 354 g/mol. The van der Waals surface area contributed by atoms with Crippen molar-refractivity contribution in [3.63, 3.8) is 0 Å². The Kier molecular flexibility index (Phi) is 4.27. The fourth-order valence-corrected chi connectivity index (χ4v) is 12.9. The highest BCUT2D eigenvalue weighted by molar-refractivity contribution is 6.99. The standard InChI is InChI=1S/C22H31NOSi/c1-21(2,3)25(22(4,5)6)20(17-11-9-8-10-12-17)23(25)18-13-15-19(24-7)16-14-18/h8-16,20H,1-7H3. The highest BCUT2D eigenvalue weighted by Gasteiger charge is 2.76. The first-order chi connectivity index (χ1) is 11.6. The van der Waals surface area contributed by atoms with Crippen LogP contribution < -0.4 is 9.30 Å². The van der Waals surface area contributed by atoms with Crippen molar-refractivity contribution in [3.8, 4) is 5.75 Å². The van der Waals surface area contributed by atoms with Gasteiger partial charge in [-0.25, -0.2) is 0 Å². The van der Waals surface area contributed by atoms with Crippen molar-refractivity contribution in [2.75, 3.05) is 11.7 Å². The lowest BCUT2D eigenvalue weighted by Crippen LogP contribution is -2.44. The normalized spacial score (nSPS) is 19.6. The van der Waals surface area contributed by atoms with Gasteiger partial charge in [0.15, 0.2) is 8.24 Å². The average Bonchev–Trinajstić information content (AvgIpc) is 3.27. The first kappa shape index (κ1) is 18.1. The van der Waals surface area contributed by atoms with Gasteiger partial charge in [0.1, 0.15) is 5.75 Å². The second-order valence-electron chi connectivity index (χ2n) is 9.15. The Hall–Kier alpha value is -1.74. The summed E-state index contributed by atoms with van der Waals surface area (Å²) in [6, 6.07) is 19.7. The van der Waals surface area contributed by atoms with E-state index in [9.17, 15) is 0 Å². The number of hydrogen-bond donors (Lipinski definition) is 0. The summed E-state index contributed by atoms with van der Waals surface area (Å²) in [5, 5.41) is 0.539. The maximum Gasteiger partial charge on any atom is 0.193 e. The van der Waals surface area contributed by atoms with E-state index in [1.165, 1.54) is 11.3 Å². The van der Waals surface area contributed by atoms with Crippen LogP contribution in [0.2, 0.25) is 10.1 Å². The molecule has 0 spiro atoms. The van der Waals surface area contributed by atoms with Gasteiger partial charge in [0, 0.05) is 5.69 Å². The first-order valence-corrected chi connectivity index (χ1v) is 11.2. The Morgan fingerprint density at radius 1 is 0.800 bits per heavy atom. The lowest BCUT2D eigenvalue weighted by molar-refractivity contribution is 0.415. The van der Waals surface area contributed by atoms with Crippen LogP contribution in [-0.2, 0) is 0 Å². The van der Waals surface area contributed by atoms with Gasteiger partial charge in [-0.2, -0.15) is 0 Å². The monoisotopic (exact) mass is 353 g/mol. The van der Waals surface area contributed by atoms with Crippen molar-refractivity contribution in [1.29, 1.82) is 0 Å². The van der Waals surface area contributed by atoms with Crippen LogP contribution in [0.15, 0.2) is 54.6 Å². The van der Waals surface area contributed by atoms with Crippen LogP contribution in [0.25, 0.3) is 0 Å². The van der Waals surface area contributed by atoms with Gasteiger partial charge in [0.25, 0.3) is 0 Å². The van der Waals surface area contributed by atoms with E-state index in [1.54, 1.807) is 7.11 Å². The van der Waals surface area contributed by atoms with Crippen molar-refractivity contribution in [2.45, 2.75) is 57.3 Å². The molecule has 2 nitrogen and oxygen atoms in total. The lowest BCUT2D eigenvalue weighted by Gasteiger charge is -2.40. The van der Waals surface area contributed by atoms with Crippen molar-refractivity contribution in [1.82, 2.24) is 0 Å². The molecular formula is C22H31NOSi. The molecule has 134 valence electrons. The third-order valence-corrected chi connectivity index (χ3v) is 12.7. The summed E-state index contributed by atoms with van der Waals surface area (Å²) in [4.78, 5) is 0. The maximum absolute atomic E-state index is 5.36. The minimum atomic E-state index is -1.83. The first-order valence-electron chi connectivity index (χ1n) is 9.13. The number of nitrogens with zero attached hydrogens (tertiary/aromatic N) is 1. The van der Waals surface area contributed by atoms with Gasteiger partial charge in [-0.1, -0.05) is 71.9 Å². The largest absolute Gasteiger partial charge is 0.497 e. The zero-order valence-electron chi connectivity index (χ0n) is 16.6. The van der Waals surface area contributed by atoms with Crippen LogP contribution >= 0.6 is 0 Å². The van der Waals surface area contributed by atoms with Crippen molar-refractivity contribution in [2.24, 2.45) is 0 Å². The smallest absolute Gasteiger partial charge is 0.193 e. The second kappa shape index (κ2) is 5.91. The summed E-state index contributed by atoms with van der Waals surface area (Å²) >= 11 is 0. The third-order valence-electron chi connectivity index (χ3n) is 5.72. The minimum absolute atomic E-state index is 0.270. The van der Waals surface area contributed by atoms with Crippen molar-refractivity contribution >= 4 is 13.9 Å². The molecule has 2 aromatic rings. The molecule has 0 aliphatic carbocycles. The zero-order chi connectivity index (χ0) is 18.5. The van der Waals surface area contributed by atoms with E-state index in [1.807, 2.05) is 0 Å². The molecule has 0 amide bonds. The molecule has 1 saturated heterocycles. The molecule has 2 aromatic carbocycles. The molecule has 0 bridgehead atoms. The number of ether oxygens (including phenoxy) is 1. The Labute approximate surface area is 153 Å². The van der Waals surface area contributed by atoms with Crippen LogP contribution in [0.3, 0.4) is 0 Å². The molecule has 3 heteroatoms. The van der Waals surface area contributed by atoms with Crippen molar-refractivity contribution < 1.29 is 4.74 Å². The van der Waals surface area contributed by atoms with Crippen LogP contribution in [0, 0.1) is 0 Å². The van der Waals surface area contributed by atoms with Gasteiger partial charge < -0.3 is 9.30 Å². The van der Waals surface area contributed by atoms with Crippen molar-refractivity contribution in [3.05, 3.63) is 60.2 Å². The summed E-state index contributed by atoms with van der Waals surface area (Å²) in [7, 11) is -0.107. The van der Waals surface area contributed by atoms with Gasteiger partial charge in [0.05, 0.1) is 12.8 Å². The highest BCUT2D eigenvalue weighted by atomic mass is 28.4. The molecule has 0 aromatic heterocycles. The van der Waals surface area contributed by atoms with Gasteiger partial charge in [-0.3, -0.25) is 0 Å². The topological polar surface area (TPSA) is 12.2 Å². The van der Waals surface area contributed by atoms with E-state index in [0.717, 1.165) is 5.75 Å². The predicted molar refractivity (Wildman–Crippen MR) is 110 cm³/mol. The summed E-state index contributed by atoms with van der Waals surface area (Å²) in [6.07, 6.45) is 0. The predicted octanol–water partition coefficient (Wildman–Crippen LogP) is 6.34. The van der Waals surface area contributed by atoms with Gasteiger partial charge >= 0.3 is 0 Å². The summed E-state index contributed by atoms with van der Waals surface area (Å²) < 4.78 is 8.11. The number of hydrogen-bond acceptors (Lipinski definition) is 2. The fourth-order valence-electron chi connectivity index (χ4n) is 5.08. The minimum Gasteiger partial charge on any atom is -0.497 e. The zero-order valence-corrected chi connectivity index (χ0v) is 17.6. The van der Waals surface area contributed by atoms with E-state index in [0.29, 0.717) is 5.67 Å². The number of rotatable bonds is 3. The molecule has 25 heavy (non-hydrogen) atoms. The van der Waals surface area contributed by atoms with Crippen LogP contribution in [0.1, 0.15) is 52.8 Å². The van der Waals surface area contributed by atoms with Crippen LogP contribution in [0.4, 0.5) is 5.69 Å². The molecule has 3 rings (SSSR count). The Morgan fingerprint density at radius 3 is 1.76 bits per heavy atom. The van der Waals surface area contributed by atoms with E-state index in [4.69, 9.17) is 4.74 Å². The molecule has 1 heterocycles. The number of methoxy groups -OCH3 is 1. The molecule has 1 unspecified atom stereocenters. The highest BCUT2D eigenvalue weighted by Crippen LogP contribution is 2.71. The third kappa shape index (κ3) is 2.69. The summed E-state index contributed by atoms with van der Waals surface area (Å²) in [5.41, 5.74) is 3.29.